The third-order valence-electron chi connectivity index (χ3n) is 3.20. The van der Waals surface area contributed by atoms with Gasteiger partial charge in [-0.05, 0) is 44.4 Å². The van der Waals surface area contributed by atoms with Gasteiger partial charge in [0.1, 0.15) is 5.75 Å². The zero-order valence-corrected chi connectivity index (χ0v) is 13.7. The van der Waals surface area contributed by atoms with E-state index in [1.807, 2.05) is 24.3 Å². The molecule has 1 rings (SSSR count). The Balaban J connectivity index is 2.49. The first-order valence-corrected chi connectivity index (χ1v) is 7.31. The van der Waals surface area contributed by atoms with Crippen molar-refractivity contribution in [2.45, 2.75) is 52.9 Å². The molecule has 20 heavy (non-hydrogen) atoms. The monoisotopic (exact) mass is 279 g/mol. The maximum absolute atomic E-state index is 6.06. The molecule has 0 saturated heterocycles. The van der Waals surface area contributed by atoms with Gasteiger partial charge in [0.2, 0.25) is 0 Å². The molecule has 3 heteroatoms. The number of nitrogens with one attached hydrogen (secondary N) is 1. The molecule has 1 N–H and O–H groups in total. The van der Waals surface area contributed by atoms with E-state index in [-0.39, 0.29) is 11.6 Å². The molecule has 1 atom stereocenters. The summed E-state index contributed by atoms with van der Waals surface area (Å²) in [5.74, 6) is 1.37. The molecule has 0 aromatic heterocycles. The predicted octanol–water partition coefficient (Wildman–Crippen LogP) is 3.62. The van der Waals surface area contributed by atoms with E-state index in [0.29, 0.717) is 12.5 Å². The lowest BCUT2D eigenvalue weighted by Gasteiger charge is -2.27. The minimum absolute atomic E-state index is 0.122. The first-order valence-electron chi connectivity index (χ1n) is 7.31. The van der Waals surface area contributed by atoms with Crippen molar-refractivity contribution in [2.75, 3.05) is 13.7 Å². The molecule has 3 nitrogen and oxygen atoms in total. The van der Waals surface area contributed by atoms with Crippen LogP contribution in [-0.2, 0) is 11.3 Å². The van der Waals surface area contributed by atoms with E-state index < -0.39 is 0 Å². The van der Waals surface area contributed by atoms with Crippen molar-refractivity contribution in [1.29, 1.82) is 0 Å². The van der Waals surface area contributed by atoms with Crippen LogP contribution in [0.15, 0.2) is 24.3 Å². The van der Waals surface area contributed by atoms with Crippen LogP contribution in [0, 0.1) is 5.92 Å². The molecule has 0 aliphatic rings. The number of hydrogen-bond donors (Lipinski definition) is 1. The summed E-state index contributed by atoms with van der Waals surface area (Å²) in [5.41, 5.74) is 1.29. The van der Waals surface area contributed by atoms with Crippen molar-refractivity contribution in [1.82, 2.24) is 5.32 Å². The molecule has 0 aliphatic carbocycles. The molecule has 0 saturated carbocycles. The van der Waals surface area contributed by atoms with Crippen LogP contribution >= 0.6 is 0 Å². The second-order valence-corrected chi connectivity index (χ2v) is 6.57. The third kappa shape index (κ3) is 6.40. The summed E-state index contributed by atoms with van der Waals surface area (Å²) < 4.78 is 11.2. The maximum Gasteiger partial charge on any atom is 0.118 e. The molecule has 0 heterocycles. The van der Waals surface area contributed by atoms with Gasteiger partial charge < -0.3 is 14.8 Å². The van der Waals surface area contributed by atoms with Crippen LogP contribution in [0.1, 0.15) is 40.2 Å². The zero-order chi connectivity index (χ0) is 15.2. The molecule has 0 aliphatic heterocycles. The smallest absolute Gasteiger partial charge is 0.118 e. The van der Waals surface area contributed by atoms with Gasteiger partial charge in [-0.2, -0.15) is 0 Å². The first-order chi connectivity index (χ1) is 9.31. The average molecular weight is 279 g/mol. The highest BCUT2D eigenvalue weighted by atomic mass is 16.5. The van der Waals surface area contributed by atoms with Crippen LogP contribution < -0.4 is 10.1 Å². The Morgan fingerprint density at radius 3 is 2.15 bits per heavy atom. The van der Waals surface area contributed by atoms with E-state index in [4.69, 9.17) is 9.47 Å². The van der Waals surface area contributed by atoms with Gasteiger partial charge in [-0.1, -0.05) is 26.0 Å². The lowest BCUT2D eigenvalue weighted by molar-refractivity contribution is 0.00786. The third-order valence-corrected chi connectivity index (χ3v) is 3.20. The quantitative estimate of drug-likeness (QED) is 0.827. The van der Waals surface area contributed by atoms with Crippen molar-refractivity contribution >= 4 is 0 Å². The molecular formula is C17H29NO2. The Labute approximate surface area is 123 Å². The summed E-state index contributed by atoms with van der Waals surface area (Å²) in [5, 5.41) is 3.51. The first kappa shape index (κ1) is 17.0. The van der Waals surface area contributed by atoms with Gasteiger partial charge in [0, 0.05) is 12.1 Å². The van der Waals surface area contributed by atoms with Gasteiger partial charge in [0.15, 0.2) is 0 Å². The van der Waals surface area contributed by atoms with Crippen molar-refractivity contribution in [3.63, 3.8) is 0 Å². The fraction of sp³-hybridized carbons (Fsp3) is 0.647. The van der Waals surface area contributed by atoms with Crippen molar-refractivity contribution < 1.29 is 9.47 Å². The second-order valence-electron chi connectivity index (χ2n) is 6.57. The zero-order valence-electron chi connectivity index (χ0n) is 13.7. The van der Waals surface area contributed by atoms with Crippen LogP contribution in [0.2, 0.25) is 0 Å². The molecule has 1 aromatic carbocycles. The highest BCUT2D eigenvalue weighted by molar-refractivity contribution is 5.26. The summed E-state index contributed by atoms with van der Waals surface area (Å²) in [6, 6.07) is 8.04. The number of ether oxygens (including phenoxy) is 2. The van der Waals surface area contributed by atoms with E-state index >= 15 is 0 Å². The predicted molar refractivity (Wildman–Crippen MR) is 84.2 cm³/mol. The Morgan fingerprint density at radius 1 is 1.10 bits per heavy atom. The fourth-order valence-corrected chi connectivity index (χ4v) is 1.82. The van der Waals surface area contributed by atoms with Crippen LogP contribution in [0.4, 0.5) is 0 Å². The topological polar surface area (TPSA) is 30.5 Å². The van der Waals surface area contributed by atoms with Gasteiger partial charge in [-0.15, -0.1) is 0 Å². The lowest BCUT2D eigenvalue weighted by atomic mass is 10.0. The largest absolute Gasteiger partial charge is 0.497 e. The molecule has 1 aromatic rings. The number of rotatable bonds is 7. The highest BCUT2D eigenvalue weighted by Crippen LogP contribution is 2.15. The van der Waals surface area contributed by atoms with Crippen molar-refractivity contribution in [2.24, 2.45) is 5.92 Å². The SMILES string of the molecule is COc1ccc(COC(CNC(C)(C)C)C(C)C)cc1. The van der Waals surface area contributed by atoms with E-state index in [1.54, 1.807) is 7.11 Å². The summed E-state index contributed by atoms with van der Waals surface area (Å²) in [4.78, 5) is 0. The minimum atomic E-state index is 0.122. The van der Waals surface area contributed by atoms with E-state index in [1.165, 1.54) is 5.56 Å². The molecular weight excluding hydrogens is 250 g/mol. The molecule has 114 valence electrons. The standard InChI is InChI=1S/C17H29NO2/c1-13(2)16(11-18-17(3,4)5)20-12-14-7-9-15(19-6)10-8-14/h7-10,13,16,18H,11-12H2,1-6H3. The van der Waals surface area contributed by atoms with Gasteiger partial charge in [-0.3, -0.25) is 0 Å². The molecule has 0 fully saturated rings. The summed E-state index contributed by atoms with van der Waals surface area (Å²) in [7, 11) is 1.68. The van der Waals surface area contributed by atoms with Crippen LogP contribution in [0.25, 0.3) is 0 Å². The Hall–Kier alpha value is -1.06. The van der Waals surface area contributed by atoms with Crippen LogP contribution in [-0.4, -0.2) is 25.3 Å². The minimum Gasteiger partial charge on any atom is -0.497 e. The molecule has 0 radical (unpaired) electrons. The Kier molecular flexibility index (Phi) is 6.50. The fourth-order valence-electron chi connectivity index (χ4n) is 1.82. The Morgan fingerprint density at radius 2 is 1.70 bits per heavy atom. The summed E-state index contributed by atoms with van der Waals surface area (Å²) >= 11 is 0. The van der Waals surface area contributed by atoms with Crippen LogP contribution in [0.3, 0.4) is 0 Å². The summed E-state index contributed by atoms with van der Waals surface area (Å²) in [6.45, 7) is 12.4. The molecule has 1 unspecified atom stereocenters. The number of methoxy groups -OCH3 is 1. The van der Waals surface area contributed by atoms with Crippen molar-refractivity contribution in [3.8, 4) is 5.75 Å². The Bertz CT molecular complexity index is 379. The maximum atomic E-state index is 6.06. The number of benzene rings is 1. The molecule has 0 spiro atoms. The molecule has 0 amide bonds. The number of hydrogen-bond acceptors (Lipinski definition) is 3. The van der Waals surface area contributed by atoms with Crippen LogP contribution in [0.5, 0.6) is 5.75 Å². The van der Waals surface area contributed by atoms with Gasteiger partial charge in [0.05, 0.1) is 19.8 Å². The highest BCUT2D eigenvalue weighted by Gasteiger charge is 2.17. The van der Waals surface area contributed by atoms with Gasteiger partial charge in [0.25, 0.3) is 0 Å². The van der Waals surface area contributed by atoms with Gasteiger partial charge >= 0.3 is 0 Å². The second kappa shape index (κ2) is 7.65. The molecule has 0 bridgehead atoms. The average Bonchev–Trinajstić information content (AvgIpc) is 2.37. The summed E-state index contributed by atoms with van der Waals surface area (Å²) in [6.07, 6.45) is 0.219. The van der Waals surface area contributed by atoms with E-state index in [9.17, 15) is 0 Å². The van der Waals surface area contributed by atoms with Gasteiger partial charge in [-0.25, -0.2) is 0 Å². The lowest BCUT2D eigenvalue weighted by Crippen LogP contribution is -2.43. The van der Waals surface area contributed by atoms with E-state index in [2.05, 4.69) is 39.9 Å². The van der Waals surface area contributed by atoms with Crippen molar-refractivity contribution in [3.05, 3.63) is 29.8 Å². The normalized spacial score (nSPS) is 13.6. The van der Waals surface area contributed by atoms with E-state index in [0.717, 1.165) is 12.3 Å².